The molecule has 0 spiro atoms. The molecular formula is C24H19ClF3N3O2. The molecule has 1 unspecified atom stereocenters. The first-order chi connectivity index (χ1) is 15.7. The molecule has 2 amide bonds. The van der Waals surface area contributed by atoms with E-state index in [0.717, 1.165) is 11.0 Å². The van der Waals surface area contributed by atoms with E-state index in [1.54, 1.807) is 30.3 Å². The Bertz CT molecular complexity index is 1190. The SMILES string of the molecule is O=C(Nc1cccc(Cl)c1)C1CN(C(=O)c2cc(F)cc(-c3ccncc3)c2)CC(F)(F)C1. The van der Waals surface area contributed by atoms with Crippen molar-refractivity contribution in [3.63, 3.8) is 0 Å². The van der Waals surface area contributed by atoms with Gasteiger partial charge in [0, 0.05) is 41.6 Å². The summed E-state index contributed by atoms with van der Waals surface area (Å²) in [6.45, 7) is -1.07. The summed E-state index contributed by atoms with van der Waals surface area (Å²) in [6.07, 6.45) is 2.35. The molecule has 0 saturated carbocycles. The highest BCUT2D eigenvalue weighted by atomic mass is 35.5. The van der Waals surface area contributed by atoms with Gasteiger partial charge in [0.1, 0.15) is 5.82 Å². The summed E-state index contributed by atoms with van der Waals surface area (Å²) in [7, 11) is 0. The van der Waals surface area contributed by atoms with Crippen molar-refractivity contribution in [3.05, 3.63) is 83.4 Å². The van der Waals surface area contributed by atoms with Gasteiger partial charge in [0.25, 0.3) is 11.8 Å². The summed E-state index contributed by atoms with van der Waals surface area (Å²) >= 11 is 5.90. The van der Waals surface area contributed by atoms with E-state index < -0.39 is 42.4 Å². The predicted octanol–water partition coefficient (Wildman–Crippen LogP) is 5.28. The second-order valence-corrected chi connectivity index (χ2v) is 8.34. The van der Waals surface area contributed by atoms with Gasteiger partial charge in [-0.2, -0.15) is 0 Å². The first-order valence-corrected chi connectivity index (χ1v) is 10.5. The molecule has 5 nitrogen and oxygen atoms in total. The van der Waals surface area contributed by atoms with Gasteiger partial charge in [-0.3, -0.25) is 14.6 Å². The largest absolute Gasteiger partial charge is 0.332 e. The average molecular weight is 474 g/mol. The number of hydrogen-bond donors (Lipinski definition) is 1. The van der Waals surface area contributed by atoms with Crippen LogP contribution >= 0.6 is 11.6 Å². The average Bonchev–Trinajstić information content (AvgIpc) is 2.77. The Morgan fingerprint density at radius 3 is 2.55 bits per heavy atom. The molecule has 2 aromatic carbocycles. The van der Waals surface area contributed by atoms with Gasteiger partial charge in [0.2, 0.25) is 5.91 Å². The highest BCUT2D eigenvalue weighted by molar-refractivity contribution is 6.30. The molecule has 33 heavy (non-hydrogen) atoms. The first kappa shape index (κ1) is 22.8. The van der Waals surface area contributed by atoms with Crippen molar-refractivity contribution in [2.45, 2.75) is 12.3 Å². The Balaban J connectivity index is 1.56. The lowest BCUT2D eigenvalue weighted by Gasteiger charge is -2.37. The van der Waals surface area contributed by atoms with Gasteiger partial charge in [-0.1, -0.05) is 17.7 Å². The molecule has 0 aliphatic carbocycles. The topological polar surface area (TPSA) is 62.3 Å². The lowest BCUT2D eigenvalue weighted by atomic mass is 9.93. The number of benzene rings is 2. The molecule has 1 N–H and O–H groups in total. The standard InChI is InChI=1S/C24H19ClF3N3O2/c25-19-2-1-3-21(11-19)30-22(32)18-12-24(27,28)14-31(13-18)23(33)17-8-16(9-20(26)10-17)15-4-6-29-7-5-15/h1-11,18H,12-14H2,(H,30,32). The van der Waals surface area contributed by atoms with Gasteiger partial charge in [-0.05, 0) is 59.7 Å². The summed E-state index contributed by atoms with van der Waals surface area (Å²) in [5.74, 6) is -6.52. The van der Waals surface area contributed by atoms with E-state index in [0.29, 0.717) is 21.8 Å². The molecule has 1 aromatic heterocycles. The van der Waals surface area contributed by atoms with Crippen molar-refractivity contribution in [2.75, 3.05) is 18.4 Å². The number of pyridine rings is 1. The van der Waals surface area contributed by atoms with Gasteiger partial charge >= 0.3 is 0 Å². The number of nitrogens with zero attached hydrogens (tertiary/aromatic N) is 2. The lowest BCUT2D eigenvalue weighted by Crippen LogP contribution is -2.52. The minimum atomic E-state index is -3.27. The number of aromatic nitrogens is 1. The molecule has 3 aromatic rings. The molecule has 2 heterocycles. The number of carbonyl (C=O) groups is 2. The van der Waals surface area contributed by atoms with Crippen LogP contribution in [-0.2, 0) is 4.79 Å². The van der Waals surface area contributed by atoms with Gasteiger partial charge in [0.15, 0.2) is 0 Å². The van der Waals surface area contributed by atoms with Gasteiger partial charge < -0.3 is 10.2 Å². The third-order valence-corrected chi connectivity index (χ3v) is 5.55. The first-order valence-electron chi connectivity index (χ1n) is 10.1. The van der Waals surface area contributed by atoms with Crippen molar-refractivity contribution in [1.29, 1.82) is 0 Å². The highest BCUT2D eigenvalue weighted by Crippen LogP contribution is 2.33. The predicted molar refractivity (Wildman–Crippen MR) is 119 cm³/mol. The number of hydrogen-bond acceptors (Lipinski definition) is 3. The molecule has 1 saturated heterocycles. The van der Waals surface area contributed by atoms with Crippen LogP contribution in [0.3, 0.4) is 0 Å². The maximum absolute atomic E-state index is 14.5. The van der Waals surface area contributed by atoms with E-state index in [4.69, 9.17) is 11.6 Å². The van der Waals surface area contributed by atoms with Crippen LogP contribution in [-0.4, -0.2) is 40.7 Å². The Labute approximate surface area is 193 Å². The summed E-state index contributed by atoms with van der Waals surface area (Å²) in [5, 5.41) is 2.95. The van der Waals surface area contributed by atoms with E-state index in [2.05, 4.69) is 10.3 Å². The number of piperidine rings is 1. The van der Waals surface area contributed by atoms with Crippen molar-refractivity contribution in [2.24, 2.45) is 5.92 Å². The van der Waals surface area contributed by atoms with E-state index in [1.165, 1.54) is 30.6 Å². The van der Waals surface area contributed by atoms with E-state index in [9.17, 15) is 22.8 Å². The maximum atomic E-state index is 14.5. The fourth-order valence-electron chi connectivity index (χ4n) is 3.85. The number of carbonyl (C=O) groups excluding carboxylic acids is 2. The Morgan fingerprint density at radius 1 is 1.06 bits per heavy atom. The highest BCUT2D eigenvalue weighted by Gasteiger charge is 2.44. The zero-order valence-electron chi connectivity index (χ0n) is 17.3. The molecule has 0 bridgehead atoms. The minimum absolute atomic E-state index is 0.0755. The zero-order valence-corrected chi connectivity index (χ0v) is 18.0. The zero-order chi connectivity index (χ0) is 23.6. The number of likely N-dealkylation sites (tertiary alicyclic amines) is 1. The van der Waals surface area contributed by atoms with Crippen LogP contribution in [0.25, 0.3) is 11.1 Å². The minimum Gasteiger partial charge on any atom is -0.332 e. The van der Waals surface area contributed by atoms with Crippen LogP contribution in [0.2, 0.25) is 5.02 Å². The van der Waals surface area contributed by atoms with E-state index in [-0.39, 0.29) is 12.1 Å². The summed E-state index contributed by atoms with van der Waals surface area (Å²) in [4.78, 5) is 30.5. The number of nitrogens with one attached hydrogen (secondary N) is 1. The maximum Gasteiger partial charge on any atom is 0.266 e. The summed E-state index contributed by atoms with van der Waals surface area (Å²) in [6, 6.07) is 13.3. The lowest BCUT2D eigenvalue weighted by molar-refractivity contribution is -0.130. The van der Waals surface area contributed by atoms with Gasteiger partial charge in [0.05, 0.1) is 12.5 Å². The number of alkyl halides is 2. The van der Waals surface area contributed by atoms with Crippen LogP contribution in [0.5, 0.6) is 0 Å². The van der Waals surface area contributed by atoms with Crippen molar-refractivity contribution < 1.29 is 22.8 Å². The second-order valence-electron chi connectivity index (χ2n) is 7.91. The van der Waals surface area contributed by atoms with Crippen LogP contribution in [0.4, 0.5) is 18.9 Å². The smallest absolute Gasteiger partial charge is 0.266 e. The monoisotopic (exact) mass is 473 g/mol. The number of rotatable bonds is 4. The second kappa shape index (κ2) is 9.23. The molecule has 9 heteroatoms. The van der Waals surface area contributed by atoms with Crippen LogP contribution in [0.15, 0.2) is 67.0 Å². The summed E-state index contributed by atoms with van der Waals surface area (Å²) in [5.41, 5.74) is 1.33. The van der Waals surface area contributed by atoms with Crippen LogP contribution in [0, 0.1) is 11.7 Å². The number of anilines is 1. The fourth-order valence-corrected chi connectivity index (χ4v) is 4.04. The molecule has 1 atom stereocenters. The summed E-state index contributed by atoms with van der Waals surface area (Å²) < 4.78 is 43.2. The van der Waals surface area contributed by atoms with Crippen LogP contribution in [0.1, 0.15) is 16.8 Å². The third-order valence-electron chi connectivity index (χ3n) is 5.32. The van der Waals surface area contributed by atoms with Gasteiger partial charge in [-0.15, -0.1) is 0 Å². The molecular weight excluding hydrogens is 455 g/mol. The van der Waals surface area contributed by atoms with Crippen LogP contribution < -0.4 is 5.32 Å². The Kier molecular flexibility index (Phi) is 6.37. The Hall–Kier alpha value is -3.39. The number of halogens is 4. The fraction of sp³-hybridized carbons (Fsp3) is 0.208. The Morgan fingerprint density at radius 2 is 1.82 bits per heavy atom. The molecule has 0 radical (unpaired) electrons. The van der Waals surface area contributed by atoms with Crippen molar-refractivity contribution in [1.82, 2.24) is 9.88 Å². The van der Waals surface area contributed by atoms with E-state index in [1.807, 2.05) is 0 Å². The molecule has 170 valence electrons. The normalized spacial score (nSPS) is 17.5. The molecule has 4 rings (SSSR count). The molecule has 1 aliphatic rings. The van der Waals surface area contributed by atoms with Gasteiger partial charge in [-0.25, -0.2) is 13.2 Å². The van der Waals surface area contributed by atoms with E-state index >= 15 is 0 Å². The van der Waals surface area contributed by atoms with Crippen molar-refractivity contribution in [3.8, 4) is 11.1 Å². The molecule has 1 fully saturated rings. The van der Waals surface area contributed by atoms with Crippen molar-refractivity contribution >= 4 is 29.1 Å². The third kappa shape index (κ3) is 5.51. The quantitative estimate of drug-likeness (QED) is 0.561. The number of amides is 2. The molecule has 1 aliphatic heterocycles.